The number of aromatic nitrogens is 4. The van der Waals surface area contributed by atoms with Gasteiger partial charge in [0.2, 0.25) is 0 Å². The number of nitrogens with zero attached hydrogens (tertiary/aromatic N) is 5. The van der Waals surface area contributed by atoms with Crippen LogP contribution in [0.3, 0.4) is 0 Å². The molecule has 0 spiro atoms. The molecule has 8 nitrogen and oxygen atoms in total. The predicted octanol–water partition coefficient (Wildman–Crippen LogP) is 4.22. The number of halogens is 1. The molecule has 4 aromatic heterocycles. The molecule has 0 aliphatic carbocycles. The number of rotatable bonds is 5. The van der Waals surface area contributed by atoms with Crippen molar-refractivity contribution in [3.05, 3.63) is 66.5 Å². The quantitative estimate of drug-likeness (QED) is 0.464. The van der Waals surface area contributed by atoms with Crippen molar-refractivity contribution in [1.82, 2.24) is 24.5 Å². The highest BCUT2D eigenvalue weighted by Crippen LogP contribution is 2.35. The van der Waals surface area contributed by atoms with Crippen LogP contribution in [0.5, 0.6) is 5.75 Å². The lowest BCUT2D eigenvalue weighted by Crippen LogP contribution is -2.57. The number of hydrogen-bond donors (Lipinski definition) is 1. The summed E-state index contributed by atoms with van der Waals surface area (Å²) in [5.74, 6) is 1.58. The molecule has 0 aromatic carbocycles. The van der Waals surface area contributed by atoms with Crippen LogP contribution < -0.4 is 10.1 Å². The van der Waals surface area contributed by atoms with Crippen LogP contribution in [-0.2, 0) is 4.74 Å². The monoisotopic (exact) mass is 474 g/mol. The smallest absolute Gasteiger partial charge is 0.154 e. The molecule has 0 amide bonds. The van der Waals surface area contributed by atoms with E-state index < -0.39 is 0 Å². The molecule has 0 saturated carbocycles. The van der Waals surface area contributed by atoms with Crippen molar-refractivity contribution in [3.63, 3.8) is 0 Å². The summed E-state index contributed by atoms with van der Waals surface area (Å²) in [5, 5.41) is 7.67. The molecule has 2 saturated heterocycles. The third kappa shape index (κ3) is 4.44. The molecule has 35 heavy (non-hydrogen) atoms. The number of fused-ring (bicyclic) bond motifs is 3. The van der Waals surface area contributed by atoms with Crippen LogP contribution >= 0.6 is 0 Å². The third-order valence-electron chi connectivity index (χ3n) is 6.90. The first kappa shape index (κ1) is 21.9. The van der Waals surface area contributed by atoms with Crippen molar-refractivity contribution < 1.29 is 13.9 Å². The largest absolute Gasteiger partial charge is 0.488 e. The summed E-state index contributed by atoms with van der Waals surface area (Å²) in [4.78, 5) is 11.0. The van der Waals surface area contributed by atoms with E-state index in [1.165, 1.54) is 12.3 Å². The first-order valence-corrected chi connectivity index (χ1v) is 11.8. The van der Waals surface area contributed by atoms with Gasteiger partial charge in [0, 0.05) is 48.4 Å². The molecule has 2 aliphatic rings. The molecule has 2 fully saturated rings. The van der Waals surface area contributed by atoms with Gasteiger partial charge in [-0.2, -0.15) is 5.10 Å². The van der Waals surface area contributed by atoms with Gasteiger partial charge in [-0.1, -0.05) is 0 Å². The maximum atomic E-state index is 13.2. The van der Waals surface area contributed by atoms with Crippen LogP contribution in [0.1, 0.15) is 18.5 Å². The molecule has 180 valence electrons. The molecule has 0 unspecified atom stereocenters. The minimum atomic E-state index is -0.377. The van der Waals surface area contributed by atoms with Gasteiger partial charge in [0.05, 0.1) is 31.1 Å². The van der Waals surface area contributed by atoms with Crippen LogP contribution in [0.15, 0.2) is 55.0 Å². The molecule has 6 rings (SSSR count). The fourth-order valence-electron chi connectivity index (χ4n) is 4.99. The molecule has 6 heterocycles. The summed E-state index contributed by atoms with van der Waals surface area (Å²) in [6, 6.07) is 11.8. The number of morpholine rings is 1. The van der Waals surface area contributed by atoms with Crippen molar-refractivity contribution in [1.29, 1.82) is 0 Å². The first-order valence-electron chi connectivity index (χ1n) is 11.8. The number of nitrogens with one attached hydrogen (secondary N) is 1. The van der Waals surface area contributed by atoms with E-state index in [4.69, 9.17) is 9.47 Å². The Kier molecular flexibility index (Phi) is 5.58. The number of anilines is 2. The maximum Gasteiger partial charge on any atom is 0.154 e. The lowest BCUT2D eigenvalue weighted by atomic mass is 9.92. The van der Waals surface area contributed by atoms with Gasteiger partial charge in [0.1, 0.15) is 23.5 Å². The van der Waals surface area contributed by atoms with Crippen LogP contribution in [-0.4, -0.2) is 62.9 Å². The van der Waals surface area contributed by atoms with Gasteiger partial charge >= 0.3 is 0 Å². The number of ether oxygens (including phenoxy) is 2. The van der Waals surface area contributed by atoms with Crippen molar-refractivity contribution in [3.8, 4) is 16.9 Å². The number of likely N-dealkylation sites (N-methyl/N-ethyl adjacent to an activating group) is 1. The zero-order valence-electron chi connectivity index (χ0n) is 19.7. The van der Waals surface area contributed by atoms with Crippen LogP contribution in [0.25, 0.3) is 16.6 Å². The lowest BCUT2D eigenvalue weighted by molar-refractivity contribution is -0.0879. The zero-order chi connectivity index (χ0) is 23.9. The van der Waals surface area contributed by atoms with Gasteiger partial charge in [0.15, 0.2) is 5.82 Å². The van der Waals surface area contributed by atoms with Crippen molar-refractivity contribution in [2.24, 2.45) is 0 Å². The average molecular weight is 475 g/mol. The molecule has 3 atom stereocenters. The SMILES string of the molecule is Cc1cc(-c2ccn3nc(Nc4ccc(F)cn4)cc3c2)c(O[C@H]2C[C@H]3COC[C@@H](C2)N3C)cn1. The fourth-order valence-corrected chi connectivity index (χ4v) is 4.99. The van der Waals surface area contributed by atoms with Crippen molar-refractivity contribution in [2.45, 2.75) is 38.0 Å². The summed E-state index contributed by atoms with van der Waals surface area (Å²) < 4.78 is 27.3. The number of piperidine rings is 1. The second kappa shape index (κ2) is 8.90. The van der Waals surface area contributed by atoms with Crippen molar-refractivity contribution >= 4 is 17.2 Å². The van der Waals surface area contributed by atoms with E-state index in [2.05, 4.69) is 44.5 Å². The Bertz CT molecular complexity index is 1340. The number of hydrogen-bond acceptors (Lipinski definition) is 7. The minimum absolute atomic E-state index is 0.131. The summed E-state index contributed by atoms with van der Waals surface area (Å²) in [6.07, 6.45) is 6.94. The van der Waals surface area contributed by atoms with Gasteiger partial charge in [-0.05, 0) is 49.9 Å². The van der Waals surface area contributed by atoms with E-state index in [0.29, 0.717) is 23.7 Å². The summed E-state index contributed by atoms with van der Waals surface area (Å²) >= 11 is 0. The van der Waals surface area contributed by atoms with Crippen LogP contribution in [0.2, 0.25) is 0 Å². The molecule has 9 heteroatoms. The molecular weight excluding hydrogens is 447 g/mol. The Labute approximate surface area is 202 Å². The highest BCUT2D eigenvalue weighted by Gasteiger charge is 2.38. The summed E-state index contributed by atoms with van der Waals surface area (Å²) in [5.41, 5.74) is 3.88. The van der Waals surface area contributed by atoms with E-state index in [9.17, 15) is 4.39 Å². The van der Waals surface area contributed by atoms with Gasteiger partial charge in [0.25, 0.3) is 0 Å². The highest BCUT2D eigenvalue weighted by atomic mass is 19.1. The fraction of sp³-hybridized carbons (Fsp3) is 0.346. The van der Waals surface area contributed by atoms with Gasteiger partial charge in [-0.15, -0.1) is 0 Å². The van der Waals surface area contributed by atoms with E-state index in [1.54, 1.807) is 10.6 Å². The van der Waals surface area contributed by atoms with Gasteiger partial charge < -0.3 is 14.8 Å². The molecule has 0 radical (unpaired) electrons. The molecular formula is C26H27FN6O2. The molecule has 1 N–H and O–H groups in total. The van der Waals surface area contributed by atoms with E-state index in [-0.39, 0.29) is 11.9 Å². The van der Waals surface area contributed by atoms with E-state index in [0.717, 1.165) is 54.1 Å². The molecule has 2 aliphatic heterocycles. The highest BCUT2D eigenvalue weighted by molar-refractivity contribution is 5.75. The molecule has 2 bridgehead atoms. The number of aryl methyl sites for hydroxylation is 1. The topological polar surface area (TPSA) is 76.8 Å². The Morgan fingerprint density at radius 2 is 1.86 bits per heavy atom. The first-order chi connectivity index (χ1) is 17.0. The molecule has 4 aromatic rings. The Morgan fingerprint density at radius 1 is 1.03 bits per heavy atom. The minimum Gasteiger partial charge on any atom is -0.488 e. The third-order valence-corrected chi connectivity index (χ3v) is 6.90. The maximum absolute atomic E-state index is 13.2. The van der Waals surface area contributed by atoms with Gasteiger partial charge in [-0.25, -0.2) is 13.9 Å². The lowest BCUT2D eigenvalue weighted by Gasteiger charge is -2.46. The Balaban J connectivity index is 1.27. The van der Waals surface area contributed by atoms with E-state index >= 15 is 0 Å². The number of pyridine rings is 3. The normalized spacial score (nSPS) is 22.3. The zero-order valence-corrected chi connectivity index (χ0v) is 19.7. The second-order valence-corrected chi connectivity index (χ2v) is 9.34. The predicted molar refractivity (Wildman–Crippen MR) is 130 cm³/mol. The average Bonchev–Trinajstić information content (AvgIpc) is 3.24. The summed E-state index contributed by atoms with van der Waals surface area (Å²) in [6.45, 7) is 3.50. The van der Waals surface area contributed by atoms with Gasteiger partial charge in [-0.3, -0.25) is 9.88 Å². The second-order valence-electron chi connectivity index (χ2n) is 9.34. The summed E-state index contributed by atoms with van der Waals surface area (Å²) in [7, 11) is 2.18. The Morgan fingerprint density at radius 3 is 2.63 bits per heavy atom. The van der Waals surface area contributed by atoms with Crippen LogP contribution in [0.4, 0.5) is 16.0 Å². The van der Waals surface area contributed by atoms with Crippen LogP contribution in [0, 0.1) is 12.7 Å². The Hall–Kier alpha value is -3.56. The van der Waals surface area contributed by atoms with E-state index in [1.807, 2.05) is 31.5 Å². The van der Waals surface area contributed by atoms with Crippen molar-refractivity contribution in [2.75, 3.05) is 25.6 Å². The standard InChI is InChI=1S/C26H27FN6O2/c1-16-7-23(24(13-28-16)35-22-9-20-14-34-15-21(10-22)32(20)2)17-5-6-33-19(8-17)11-26(31-33)30-25-4-3-18(27)12-29-25/h3-8,11-13,20-22H,9-10,14-15H2,1-2H3,(H,29,30,31)/t20-,21+,22-.